The van der Waals surface area contributed by atoms with Crippen molar-refractivity contribution in [2.75, 3.05) is 13.7 Å². The van der Waals surface area contributed by atoms with Gasteiger partial charge >= 0.3 is 0 Å². The van der Waals surface area contributed by atoms with Gasteiger partial charge in [-0.2, -0.15) is 0 Å². The molecule has 1 heterocycles. The maximum absolute atomic E-state index is 5.56. The highest BCUT2D eigenvalue weighted by atomic mass is 16.5. The van der Waals surface area contributed by atoms with E-state index in [0.29, 0.717) is 12.1 Å². The lowest BCUT2D eigenvalue weighted by Crippen LogP contribution is -2.37. The molecule has 0 amide bonds. The van der Waals surface area contributed by atoms with Crippen LogP contribution in [0, 0.1) is 6.92 Å². The summed E-state index contributed by atoms with van der Waals surface area (Å²) in [7, 11) is 1.73. The third-order valence-corrected chi connectivity index (χ3v) is 3.50. The zero-order valence-corrected chi connectivity index (χ0v) is 11.5. The number of nitrogens with one attached hydrogen (secondary N) is 1. The van der Waals surface area contributed by atoms with Crippen molar-refractivity contribution in [2.45, 2.75) is 45.4 Å². The molecule has 0 spiro atoms. The Kier molecular flexibility index (Phi) is 4.61. The maximum atomic E-state index is 5.56. The summed E-state index contributed by atoms with van der Waals surface area (Å²) in [5.41, 5.74) is 2.50. The van der Waals surface area contributed by atoms with Gasteiger partial charge < -0.3 is 14.8 Å². The molecule has 0 radical (unpaired) electrons. The number of benzene rings is 1. The Morgan fingerprint density at radius 1 is 1.44 bits per heavy atom. The number of methoxy groups -OCH3 is 1. The van der Waals surface area contributed by atoms with Gasteiger partial charge in [-0.25, -0.2) is 0 Å². The summed E-state index contributed by atoms with van der Waals surface area (Å²) in [6, 6.07) is 6.87. The summed E-state index contributed by atoms with van der Waals surface area (Å²) in [6.45, 7) is 5.98. The molecule has 1 saturated heterocycles. The summed E-state index contributed by atoms with van der Waals surface area (Å²) in [4.78, 5) is 0. The van der Waals surface area contributed by atoms with Crippen LogP contribution in [0.1, 0.15) is 30.9 Å². The van der Waals surface area contributed by atoms with E-state index in [1.165, 1.54) is 11.1 Å². The first-order valence-corrected chi connectivity index (χ1v) is 6.67. The first kappa shape index (κ1) is 13.4. The van der Waals surface area contributed by atoms with Crippen LogP contribution < -0.4 is 10.1 Å². The highest BCUT2D eigenvalue weighted by Gasteiger charge is 2.18. The smallest absolute Gasteiger partial charge is 0.123 e. The molecule has 3 nitrogen and oxygen atoms in total. The summed E-state index contributed by atoms with van der Waals surface area (Å²) in [5, 5.41) is 3.61. The van der Waals surface area contributed by atoms with E-state index in [4.69, 9.17) is 9.47 Å². The van der Waals surface area contributed by atoms with E-state index in [0.717, 1.165) is 31.7 Å². The molecule has 0 aromatic heterocycles. The molecule has 1 fully saturated rings. The number of hydrogen-bond donors (Lipinski definition) is 1. The topological polar surface area (TPSA) is 30.5 Å². The summed E-state index contributed by atoms with van der Waals surface area (Å²) < 4.78 is 11.0. The van der Waals surface area contributed by atoms with Crippen molar-refractivity contribution in [1.29, 1.82) is 0 Å². The third-order valence-electron chi connectivity index (χ3n) is 3.50. The van der Waals surface area contributed by atoms with Gasteiger partial charge in [0.2, 0.25) is 0 Å². The van der Waals surface area contributed by atoms with Crippen LogP contribution in [-0.2, 0) is 11.3 Å². The Bertz CT molecular complexity index is 392. The molecular formula is C15H23NO2. The predicted octanol–water partition coefficient (Wildman–Crippen LogP) is 2.66. The minimum absolute atomic E-state index is 0.371. The van der Waals surface area contributed by atoms with Crippen LogP contribution >= 0.6 is 0 Å². The molecule has 1 aliphatic rings. The first-order valence-electron chi connectivity index (χ1n) is 6.67. The highest BCUT2D eigenvalue weighted by molar-refractivity contribution is 5.36. The minimum atomic E-state index is 0.371. The van der Waals surface area contributed by atoms with E-state index in [1.807, 2.05) is 6.07 Å². The zero-order valence-electron chi connectivity index (χ0n) is 11.5. The fourth-order valence-corrected chi connectivity index (χ4v) is 2.48. The van der Waals surface area contributed by atoms with Crippen LogP contribution in [0.25, 0.3) is 0 Å². The molecule has 1 aromatic rings. The molecule has 0 saturated carbocycles. The van der Waals surface area contributed by atoms with E-state index < -0.39 is 0 Å². The molecule has 0 bridgehead atoms. The molecule has 2 rings (SSSR count). The third kappa shape index (κ3) is 3.47. The fraction of sp³-hybridized carbons (Fsp3) is 0.600. The van der Waals surface area contributed by atoms with Crippen LogP contribution in [0.4, 0.5) is 0 Å². The Balaban J connectivity index is 1.94. The lowest BCUT2D eigenvalue weighted by molar-refractivity contribution is 0.0130. The molecule has 2 atom stereocenters. The molecule has 2 unspecified atom stereocenters. The van der Waals surface area contributed by atoms with Crippen molar-refractivity contribution in [3.8, 4) is 5.75 Å². The lowest BCUT2D eigenvalue weighted by atomic mass is 10.0. The highest BCUT2D eigenvalue weighted by Crippen LogP contribution is 2.20. The van der Waals surface area contributed by atoms with Crippen LogP contribution in [0.3, 0.4) is 0 Å². The Morgan fingerprint density at radius 3 is 3.00 bits per heavy atom. The predicted molar refractivity (Wildman–Crippen MR) is 73.0 cm³/mol. The van der Waals surface area contributed by atoms with E-state index in [-0.39, 0.29) is 0 Å². The molecule has 0 aliphatic carbocycles. The summed E-state index contributed by atoms with van der Waals surface area (Å²) >= 11 is 0. The van der Waals surface area contributed by atoms with Crippen molar-refractivity contribution in [3.63, 3.8) is 0 Å². The zero-order chi connectivity index (χ0) is 13.0. The molecular weight excluding hydrogens is 226 g/mol. The lowest BCUT2D eigenvalue weighted by Gasteiger charge is -2.28. The van der Waals surface area contributed by atoms with Crippen LogP contribution in [0.2, 0.25) is 0 Å². The van der Waals surface area contributed by atoms with Gasteiger partial charge in [-0.15, -0.1) is 0 Å². The van der Waals surface area contributed by atoms with Gasteiger partial charge in [0.25, 0.3) is 0 Å². The Morgan fingerprint density at radius 2 is 2.28 bits per heavy atom. The Hall–Kier alpha value is -1.06. The van der Waals surface area contributed by atoms with Gasteiger partial charge in [0.1, 0.15) is 5.75 Å². The number of aryl methyl sites for hydroxylation is 1. The molecule has 100 valence electrons. The van der Waals surface area contributed by atoms with Gasteiger partial charge in [0, 0.05) is 24.8 Å². The average molecular weight is 249 g/mol. The number of rotatable bonds is 4. The van der Waals surface area contributed by atoms with Crippen molar-refractivity contribution in [2.24, 2.45) is 0 Å². The van der Waals surface area contributed by atoms with E-state index in [1.54, 1.807) is 7.11 Å². The SMILES string of the molecule is COc1ccc(C)cc1CNC1CCOC(C)C1. The van der Waals surface area contributed by atoms with Gasteiger partial charge in [-0.3, -0.25) is 0 Å². The molecule has 1 N–H and O–H groups in total. The van der Waals surface area contributed by atoms with Gasteiger partial charge in [0.15, 0.2) is 0 Å². The summed E-state index contributed by atoms with van der Waals surface area (Å²) in [5.74, 6) is 0.966. The first-order chi connectivity index (χ1) is 8.69. The second-order valence-electron chi connectivity index (χ2n) is 5.10. The molecule has 1 aromatic carbocycles. The average Bonchev–Trinajstić information content (AvgIpc) is 2.37. The van der Waals surface area contributed by atoms with Crippen LogP contribution in [-0.4, -0.2) is 25.9 Å². The monoisotopic (exact) mass is 249 g/mol. The molecule has 3 heteroatoms. The summed E-state index contributed by atoms with van der Waals surface area (Å²) in [6.07, 6.45) is 2.56. The fourth-order valence-electron chi connectivity index (χ4n) is 2.48. The van der Waals surface area contributed by atoms with Crippen molar-refractivity contribution < 1.29 is 9.47 Å². The van der Waals surface area contributed by atoms with Gasteiger partial charge in [-0.1, -0.05) is 17.7 Å². The van der Waals surface area contributed by atoms with E-state index in [2.05, 4.69) is 31.3 Å². The second-order valence-corrected chi connectivity index (χ2v) is 5.10. The Labute approximate surface area is 109 Å². The second kappa shape index (κ2) is 6.21. The maximum Gasteiger partial charge on any atom is 0.123 e. The standard InChI is InChI=1S/C15H23NO2/c1-11-4-5-15(17-3)13(8-11)10-16-14-6-7-18-12(2)9-14/h4-5,8,12,14,16H,6-7,9-10H2,1-3H3. The van der Waals surface area contributed by atoms with Crippen molar-refractivity contribution in [3.05, 3.63) is 29.3 Å². The van der Waals surface area contributed by atoms with E-state index in [9.17, 15) is 0 Å². The van der Waals surface area contributed by atoms with E-state index >= 15 is 0 Å². The van der Waals surface area contributed by atoms with Crippen molar-refractivity contribution in [1.82, 2.24) is 5.32 Å². The molecule has 1 aliphatic heterocycles. The number of ether oxygens (including phenoxy) is 2. The van der Waals surface area contributed by atoms with Crippen molar-refractivity contribution >= 4 is 0 Å². The quantitative estimate of drug-likeness (QED) is 0.890. The van der Waals surface area contributed by atoms with Gasteiger partial charge in [0.05, 0.1) is 13.2 Å². The van der Waals surface area contributed by atoms with Crippen LogP contribution in [0.15, 0.2) is 18.2 Å². The molecule has 18 heavy (non-hydrogen) atoms. The number of hydrogen-bond acceptors (Lipinski definition) is 3. The van der Waals surface area contributed by atoms with Crippen LogP contribution in [0.5, 0.6) is 5.75 Å². The normalized spacial score (nSPS) is 23.9. The van der Waals surface area contributed by atoms with Gasteiger partial charge in [-0.05, 0) is 32.8 Å². The minimum Gasteiger partial charge on any atom is -0.496 e. The largest absolute Gasteiger partial charge is 0.496 e.